The number of hydrogen-bond acceptors (Lipinski definition) is 3. The van der Waals surface area contributed by atoms with Crippen molar-refractivity contribution >= 4 is 17.3 Å². The molecule has 0 spiro atoms. The van der Waals surface area contributed by atoms with Crippen LogP contribution in [0.3, 0.4) is 0 Å². The highest BCUT2D eigenvalue weighted by Crippen LogP contribution is 2.27. The third-order valence-corrected chi connectivity index (χ3v) is 4.00. The topological polar surface area (TPSA) is 39.1 Å². The Morgan fingerprint density at radius 1 is 1.50 bits per heavy atom. The molecule has 0 bridgehead atoms. The molecule has 0 radical (unpaired) electrons. The van der Waals surface area contributed by atoms with Crippen molar-refractivity contribution in [3.63, 3.8) is 0 Å². The van der Waals surface area contributed by atoms with E-state index in [-0.39, 0.29) is 0 Å². The van der Waals surface area contributed by atoms with Crippen LogP contribution in [0.5, 0.6) is 0 Å². The van der Waals surface area contributed by atoms with Crippen LogP contribution in [0.25, 0.3) is 5.69 Å². The van der Waals surface area contributed by atoms with E-state index >= 15 is 0 Å². The van der Waals surface area contributed by atoms with Crippen LogP contribution < -0.4 is 5.32 Å². The molecule has 2 atom stereocenters. The van der Waals surface area contributed by atoms with Crippen molar-refractivity contribution in [1.82, 2.24) is 9.78 Å². The molecule has 5 heteroatoms. The predicted octanol–water partition coefficient (Wildman–Crippen LogP) is 3.36. The lowest BCUT2D eigenvalue weighted by molar-refractivity contribution is 0.183. The van der Waals surface area contributed by atoms with Gasteiger partial charge in [0, 0.05) is 36.0 Å². The molecule has 0 saturated carbocycles. The van der Waals surface area contributed by atoms with Crippen LogP contribution in [0.15, 0.2) is 36.7 Å². The SMILES string of the molecule is CC(Nc1cc(Cl)ccc1-n1cccn1)C1CCOC1. The Balaban J connectivity index is 1.85. The van der Waals surface area contributed by atoms with Crippen LogP contribution in [0.2, 0.25) is 5.02 Å². The fourth-order valence-corrected chi connectivity index (χ4v) is 2.72. The number of nitrogens with zero attached hydrogens (tertiary/aromatic N) is 2. The molecule has 3 rings (SSSR count). The molecule has 0 amide bonds. The van der Waals surface area contributed by atoms with Gasteiger partial charge in [0.05, 0.1) is 18.0 Å². The molecule has 1 aromatic heterocycles. The Bertz CT molecular complexity index is 565. The highest BCUT2D eigenvalue weighted by atomic mass is 35.5. The zero-order chi connectivity index (χ0) is 13.9. The maximum Gasteiger partial charge on any atom is 0.0877 e. The summed E-state index contributed by atoms with van der Waals surface area (Å²) in [6, 6.07) is 8.06. The number of aromatic nitrogens is 2. The summed E-state index contributed by atoms with van der Waals surface area (Å²) in [6.45, 7) is 3.87. The average Bonchev–Trinajstić information content (AvgIpc) is 3.12. The van der Waals surface area contributed by atoms with E-state index in [0.717, 1.165) is 36.0 Å². The van der Waals surface area contributed by atoms with Crippen molar-refractivity contribution in [3.05, 3.63) is 41.7 Å². The van der Waals surface area contributed by atoms with Crippen molar-refractivity contribution in [3.8, 4) is 5.69 Å². The highest BCUT2D eigenvalue weighted by molar-refractivity contribution is 6.31. The lowest BCUT2D eigenvalue weighted by Crippen LogP contribution is -2.26. The van der Waals surface area contributed by atoms with Crippen LogP contribution in [0.4, 0.5) is 5.69 Å². The van der Waals surface area contributed by atoms with Gasteiger partial charge in [0.1, 0.15) is 0 Å². The predicted molar refractivity (Wildman–Crippen MR) is 80.6 cm³/mol. The fraction of sp³-hybridized carbons (Fsp3) is 0.400. The molecule has 1 aliphatic rings. The van der Waals surface area contributed by atoms with Crippen LogP contribution in [-0.2, 0) is 4.74 Å². The summed E-state index contributed by atoms with van der Waals surface area (Å²) in [5.74, 6) is 0.541. The van der Waals surface area contributed by atoms with Gasteiger partial charge in [-0.3, -0.25) is 0 Å². The Morgan fingerprint density at radius 3 is 3.10 bits per heavy atom. The quantitative estimate of drug-likeness (QED) is 0.939. The van der Waals surface area contributed by atoms with Gasteiger partial charge >= 0.3 is 0 Å². The Kier molecular flexibility index (Phi) is 3.94. The molecule has 2 unspecified atom stereocenters. The van der Waals surface area contributed by atoms with Crippen LogP contribution >= 0.6 is 11.6 Å². The molecule has 1 N–H and O–H groups in total. The summed E-state index contributed by atoms with van der Waals surface area (Å²) in [7, 11) is 0. The van der Waals surface area contributed by atoms with E-state index in [9.17, 15) is 0 Å². The first-order valence-corrected chi connectivity index (χ1v) is 7.25. The third kappa shape index (κ3) is 2.81. The van der Waals surface area contributed by atoms with Crippen molar-refractivity contribution in [1.29, 1.82) is 0 Å². The lowest BCUT2D eigenvalue weighted by Gasteiger charge is -2.22. The summed E-state index contributed by atoms with van der Waals surface area (Å²) in [5, 5.41) is 8.57. The van der Waals surface area contributed by atoms with E-state index in [2.05, 4.69) is 17.3 Å². The zero-order valence-corrected chi connectivity index (χ0v) is 12.2. The Labute approximate surface area is 123 Å². The largest absolute Gasteiger partial charge is 0.381 e. The normalized spacial score (nSPS) is 20.0. The molecule has 1 aromatic carbocycles. The molecule has 1 fully saturated rings. The van der Waals surface area contributed by atoms with Crippen LogP contribution in [0, 0.1) is 5.92 Å². The van der Waals surface area contributed by atoms with Crippen LogP contribution in [0.1, 0.15) is 13.3 Å². The van der Waals surface area contributed by atoms with Gasteiger partial charge in [-0.05, 0) is 37.6 Å². The second kappa shape index (κ2) is 5.85. The van der Waals surface area contributed by atoms with E-state index in [1.807, 2.05) is 35.1 Å². The van der Waals surface area contributed by atoms with Gasteiger partial charge in [0.15, 0.2) is 0 Å². The standard InChI is InChI=1S/C15H18ClN3O/c1-11(12-5-8-20-10-12)18-14-9-13(16)3-4-15(14)19-7-2-6-17-19/h2-4,6-7,9,11-12,18H,5,8,10H2,1H3. The number of ether oxygens (including phenoxy) is 1. The molecule has 2 aromatic rings. The monoisotopic (exact) mass is 291 g/mol. The molecule has 4 nitrogen and oxygen atoms in total. The number of nitrogens with one attached hydrogen (secondary N) is 1. The van der Waals surface area contributed by atoms with Crippen molar-refractivity contribution in [2.45, 2.75) is 19.4 Å². The van der Waals surface area contributed by atoms with Crippen molar-refractivity contribution < 1.29 is 4.74 Å². The first-order valence-electron chi connectivity index (χ1n) is 6.88. The molecular formula is C15H18ClN3O. The number of anilines is 1. The van der Waals surface area contributed by atoms with Gasteiger partial charge in [-0.15, -0.1) is 0 Å². The first-order chi connectivity index (χ1) is 9.74. The Morgan fingerprint density at radius 2 is 2.40 bits per heavy atom. The van der Waals surface area contributed by atoms with Gasteiger partial charge in [0.2, 0.25) is 0 Å². The number of rotatable bonds is 4. The van der Waals surface area contributed by atoms with E-state index in [1.165, 1.54) is 0 Å². The van der Waals surface area contributed by atoms with Gasteiger partial charge in [-0.2, -0.15) is 5.10 Å². The highest BCUT2D eigenvalue weighted by Gasteiger charge is 2.23. The number of hydrogen-bond donors (Lipinski definition) is 1. The second-order valence-electron chi connectivity index (χ2n) is 5.17. The van der Waals surface area contributed by atoms with E-state index in [4.69, 9.17) is 16.3 Å². The zero-order valence-electron chi connectivity index (χ0n) is 11.4. The lowest BCUT2D eigenvalue weighted by atomic mass is 10.0. The fourth-order valence-electron chi connectivity index (χ4n) is 2.55. The summed E-state index contributed by atoms with van der Waals surface area (Å²) in [6.07, 6.45) is 4.80. The minimum Gasteiger partial charge on any atom is -0.381 e. The van der Waals surface area contributed by atoms with Gasteiger partial charge in [-0.1, -0.05) is 11.6 Å². The minimum atomic E-state index is 0.338. The molecule has 2 heterocycles. The number of halogens is 1. The van der Waals surface area contributed by atoms with Gasteiger partial charge in [-0.25, -0.2) is 4.68 Å². The second-order valence-corrected chi connectivity index (χ2v) is 5.61. The van der Waals surface area contributed by atoms with Crippen molar-refractivity contribution in [2.75, 3.05) is 18.5 Å². The molecular weight excluding hydrogens is 274 g/mol. The first kappa shape index (κ1) is 13.5. The smallest absolute Gasteiger partial charge is 0.0877 e. The molecule has 1 saturated heterocycles. The summed E-state index contributed by atoms with van der Waals surface area (Å²) in [4.78, 5) is 0. The maximum absolute atomic E-state index is 6.13. The van der Waals surface area contributed by atoms with E-state index in [1.54, 1.807) is 6.20 Å². The average molecular weight is 292 g/mol. The van der Waals surface area contributed by atoms with E-state index in [0.29, 0.717) is 12.0 Å². The van der Waals surface area contributed by atoms with Gasteiger partial charge < -0.3 is 10.1 Å². The third-order valence-electron chi connectivity index (χ3n) is 3.77. The van der Waals surface area contributed by atoms with Gasteiger partial charge in [0.25, 0.3) is 0 Å². The molecule has 106 valence electrons. The van der Waals surface area contributed by atoms with Crippen LogP contribution in [-0.4, -0.2) is 29.0 Å². The van der Waals surface area contributed by atoms with E-state index < -0.39 is 0 Å². The summed E-state index contributed by atoms with van der Waals surface area (Å²) < 4.78 is 7.30. The Hall–Kier alpha value is -1.52. The minimum absolute atomic E-state index is 0.338. The molecule has 0 aliphatic carbocycles. The molecule has 20 heavy (non-hydrogen) atoms. The molecule has 1 aliphatic heterocycles. The summed E-state index contributed by atoms with van der Waals surface area (Å²) >= 11 is 6.13. The maximum atomic E-state index is 6.13. The van der Waals surface area contributed by atoms with Crippen molar-refractivity contribution in [2.24, 2.45) is 5.92 Å². The summed E-state index contributed by atoms with van der Waals surface area (Å²) in [5.41, 5.74) is 2.01. The number of benzene rings is 1.